The monoisotopic (exact) mass is 289 g/mol. The minimum atomic E-state index is -0.983. The Labute approximate surface area is 120 Å². The van der Waals surface area contributed by atoms with Crippen LogP contribution in [-0.2, 0) is 9.53 Å². The minimum absolute atomic E-state index is 0.232. The van der Waals surface area contributed by atoms with Crippen molar-refractivity contribution in [1.82, 2.24) is 5.32 Å². The number of hydrogen-bond donors (Lipinski definition) is 1. The third-order valence-corrected chi connectivity index (χ3v) is 2.87. The quantitative estimate of drug-likeness (QED) is 0.680. The molecule has 2 rings (SSSR count). The molecule has 110 valence electrons. The second kappa shape index (κ2) is 6.21. The van der Waals surface area contributed by atoms with Crippen LogP contribution in [0.4, 0.5) is 0 Å². The number of benzene rings is 1. The number of likely N-dealkylation sites (N-methyl/N-ethyl adjacent to an activating group) is 1. The second-order valence-corrected chi connectivity index (χ2v) is 4.43. The van der Waals surface area contributed by atoms with Crippen molar-refractivity contribution >= 4 is 22.8 Å². The van der Waals surface area contributed by atoms with Gasteiger partial charge in [-0.05, 0) is 26.0 Å². The lowest BCUT2D eigenvalue weighted by atomic mass is 10.2. The van der Waals surface area contributed by atoms with E-state index in [-0.39, 0.29) is 5.56 Å². The lowest BCUT2D eigenvalue weighted by molar-refractivity contribution is -0.128. The van der Waals surface area contributed by atoms with Crippen LogP contribution in [0.25, 0.3) is 11.0 Å². The Hall–Kier alpha value is -2.63. The third-order valence-electron chi connectivity index (χ3n) is 2.87. The lowest BCUT2D eigenvalue weighted by Crippen LogP contribution is -2.36. The molecule has 0 aliphatic heterocycles. The zero-order valence-electron chi connectivity index (χ0n) is 11.7. The highest BCUT2D eigenvalue weighted by atomic mass is 16.5. The lowest BCUT2D eigenvalue weighted by Gasteiger charge is -2.12. The van der Waals surface area contributed by atoms with E-state index in [1.165, 1.54) is 13.0 Å². The third kappa shape index (κ3) is 3.28. The summed E-state index contributed by atoms with van der Waals surface area (Å²) in [6.07, 6.45) is -0.983. The van der Waals surface area contributed by atoms with E-state index in [1.807, 2.05) is 0 Å². The Bertz CT molecular complexity index is 734. The number of hydrogen-bond acceptors (Lipinski definition) is 5. The molecule has 1 heterocycles. The molecule has 1 aromatic carbocycles. The summed E-state index contributed by atoms with van der Waals surface area (Å²) < 4.78 is 10.0. The van der Waals surface area contributed by atoms with Crippen molar-refractivity contribution in [2.24, 2.45) is 0 Å². The Morgan fingerprint density at radius 3 is 2.76 bits per heavy atom. The highest BCUT2D eigenvalue weighted by Gasteiger charge is 2.21. The molecule has 0 aliphatic carbocycles. The molecule has 2 aromatic rings. The number of para-hydroxylation sites is 1. The molecule has 21 heavy (non-hydrogen) atoms. The van der Waals surface area contributed by atoms with Crippen LogP contribution in [0.2, 0.25) is 0 Å². The van der Waals surface area contributed by atoms with Gasteiger partial charge in [-0.1, -0.05) is 18.2 Å². The minimum Gasteiger partial charge on any atom is -0.449 e. The first kappa shape index (κ1) is 14.8. The van der Waals surface area contributed by atoms with Crippen LogP contribution in [0.15, 0.2) is 39.5 Å². The van der Waals surface area contributed by atoms with E-state index in [1.54, 1.807) is 31.2 Å². The van der Waals surface area contributed by atoms with E-state index in [0.717, 1.165) is 0 Å². The van der Waals surface area contributed by atoms with Gasteiger partial charge in [-0.2, -0.15) is 0 Å². The first-order chi connectivity index (χ1) is 10.0. The zero-order valence-corrected chi connectivity index (χ0v) is 11.7. The van der Waals surface area contributed by atoms with Crippen molar-refractivity contribution < 1.29 is 18.7 Å². The fourth-order valence-electron chi connectivity index (χ4n) is 1.80. The van der Waals surface area contributed by atoms with Gasteiger partial charge in [0.2, 0.25) is 0 Å². The number of carbonyl (C=O) groups excluding carboxylic acids is 2. The van der Waals surface area contributed by atoms with Crippen molar-refractivity contribution in [1.29, 1.82) is 0 Å². The van der Waals surface area contributed by atoms with Crippen LogP contribution in [0.1, 0.15) is 24.2 Å². The molecule has 6 nitrogen and oxygen atoms in total. The topological polar surface area (TPSA) is 85.6 Å². The molecular formula is C15H15NO5. The van der Waals surface area contributed by atoms with Crippen molar-refractivity contribution in [3.05, 3.63) is 46.3 Å². The highest BCUT2D eigenvalue weighted by Crippen LogP contribution is 2.13. The maximum absolute atomic E-state index is 12.0. The van der Waals surface area contributed by atoms with Crippen molar-refractivity contribution in [3.63, 3.8) is 0 Å². The standard InChI is InChI=1S/C15H15NO5/c1-3-16-13(17)9(2)20-14(18)11-8-10-6-4-5-7-12(10)21-15(11)19/h4-9H,3H2,1-2H3,(H,16,17)/t9-/m0/s1. The fourth-order valence-corrected chi connectivity index (χ4v) is 1.80. The van der Waals surface area contributed by atoms with Gasteiger partial charge in [0.25, 0.3) is 5.91 Å². The summed E-state index contributed by atoms with van der Waals surface area (Å²) in [4.78, 5) is 35.3. The first-order valence-corrected chi connectivity index (χ1v) is 6.54. The summed E-state index contributed by atoms with van der Waals surface area (Å²) in [5.74, 6) is -1.30. The molecule has 1 amide bonds. The van der Waals surface area contributed by atoms with E-state index in [4.69, 9.17) is 9.15 Å². The van der Waals surface area contributed by atoms with Gasteiger partial charge in [0, 0.05) is 11.9 Å². The van der Waals surface area contributed by atoms with Crippen LogP contribution >= 0.6 is 0 Å². The van der Waals surface area contributed by atoms with Gasteiger partial charge in [0.05, 0.1) is 0 Å². The molecule has 0 saturated carbocycles. The highest BCUT2D eigenvalue weighted by molar-refractivity contribution is 5.94. The van der Waals surface area contributed by atoms with E-state index in [9.17, 15) is 14.4 Å². The van der Waals surface area contributed by atoms with Crippen LogP contribution in [-0.4, -0.2) is 24.5 Å². The molecule has 0 unspecified atom stereocenters. The van der Waals surface area contributed by atoms with E-state index < -0.39 is 23.6 Å². The predicted molar refractivity (Wildman–Crippen MR) is 76.0 cm³/mol. The Balaban J connectivity index is 2.25. The molecule has 6 heteroatoms. The van der Waals surface area contributed by atoms with Gasteiger partial charge in [-0.15, -0.1) is 0 Å². The smallest absolute Gasteiger partial charge is 0.351 e. The largest absolute Gasteiger partial charge is 0.449 e. The summed E-state index contributed by atoms with van der Waals surface area (Å²) >= 11 is 0. The summed E-state index contributed by atoms with van der Waals surface area (Å²) in [7, 11) is 0. The first-order valence-electron chi connectivity index (χ1n) is 6.54. The van der Waals surface area contributed by atoms with Crippen LogP contribution in [0.5, 0.6) is 0 Å². The molecule has 0 radical (unpaired) electrons. The fraction of sp³-hybridized carbons (Fsp3) is 0.267. The van der Waals surface area contributed by atoms with Gasteiger partial charge < -0.3 is 14.5 Å². The van der Waals surface area contributed by atoms with Crippen LogP contribution in [0.3, 0.4) is 0 Å². The average molecular weight is 289 g/mol. The normalized spacial score (nSPS) is 11.9. The number of carbonyl (C=O) groups is 2. The molecule has 0 aliphatic rings. The van der Waals surface area contributed by atoms with Gasteiger partial charge >= 0.3 is 11.6 Å². The second-order valence-electron chi connectivity index (χ2n) is 4.43. The maximum atomic E-state index is 12.0. The molecule has 1 atom stereocenters. The predicted octanol–water partition coefficient (Wildman–Crippen LogP) is 1.47. The number of esters is 1. The number of ether oxygens (including phenoxy) is 1. The molecule has 0 spiro atoms. The van der Waals surface area contributed by atoms with E-state index >= 15 is 0 Å². The van der Waals surface area contributed by atoms with Crippen molar-refractivity contribution in [2.45, 2.75) is 20.0 Å². The Kier molecular flexibility index (Phi) is 4.37. The molecule has 1 N–H and O–H groups in total. The van der Waals surface area contributed by atoms with Crippen molar-refractivity contribution in [3.8, 4) is 0 Å². The maximum Gasteiger partial charge on any atom is 0.351 e. The molecular weight excluding hydrogens is 274 g/mol. The number of fused-ring (bicyclic) bond motifs is 1. The molecule has 0 bridgehead atoms. The summed E-state index contributed by atoms with van der Waals surface area (Å²) in [5.41, 5.74) is -0.637. The zero-order chi connectivity index (χ0) is 15.4. The van der Waals surface area contributed by atoms with Gasteiger partial charge in [-0.25, -0.2) is 9.59 Å². The number of nitrogens with one attached hydrogen (secondary N) is 1. The molecule has 0 saturated heterocycles. The van der Waals surface area contributed by atoms with Gasteiger partial charge in [0.15, 0.2) is 6.10 Å². The summed E-state index contributed by atoms with van der Waals surface area (Å²) in [5, 5.41) is 3.13. The molecule has 1 aromatic heterocycles. The van der Waals surface area contributed by atoms with Crippen LogP contribution in [0, 0.1) is 0 Å². The van der Waals surface area contributed by atoms with Crippen LogP contribution < -0.4 is 10.9 Å². The summed E-state index contributed by atoms with van der Waals surface area (Å²) in [6, 6.07) is 8.22. The van der Waals surface area contributed by atoms with E-state index in [2.05, 4.69) is 5.32 Å². The van der Waals surface area contributed by atoms with Gasteiger partial charge in [-0.3, -0.25) is 4.79 Å². The van der Waals surface area contributed by atoms with Gasteiger partial charge in [0.1, 0.15) is 11.1 Å². The Morgan fingerprint density at radius 1 is 1.33 bits per heavy atom. The average Bonchev–Trinajstić information content (AvgIpc) is 2.46. The Morgan fingerprint density at radius 2 is 2.05 bits per heavy atom. The molecule has 0 fully saturated rings. The van der Waals surface area contributed by atoms with E-state index in [0.29, 0.717) is 17.5 Å². The number of amides is 1. The number of rotatable bonds is 4. The SMILES string of the molecule is CCNC(=O)[C@H](C)OC(=O)c1cc2ccccc2oc1=O. The van der Waals surface area contributed by atoms with Crippen molar-refractivity contribution in [2.75, 3.05) is 6.54 Å². The summed E-state index contributed by atoms with van der Waals surface area (Å²) in [6.45, 7) is 3.62.